The number of carboxylic acid groups (broad SMARTS) is 3. The third kappa shape index (κ3) is 20.1. The molecule has 0 bridgehead atoms. The van der Waals surface area contributed by atoms with Crippen molar-refractivity contribution in [1.29, 1.82) is 0 Å². The lowest BCUT2D eigenvalue weighted by Gasteiger charge is -2.15. The van der Waals surface area contributed by atoms with Crippen LogP contribution in [0.15, 0.2) is 246 Å². The fraction of sp³-hybridized carbons (Fsp3) is 0.164. The van der Waals surface area contributed by atoms with Crippen molar-refractivity contribution in [2.75, 3.05) is 28.4 Å². The van der Waals surface area contributed by atoms with E-state index in [0.29, 0.717) is 66.7 Å². The first kappa shape index (κ1) is 68.6. The summed E-state index contributed by atoms with van der Waals surface area (Å²) in [6, 6.07) is 68.9. The Balaban J connectivity index is 0.000000180. The Kier molecular flexibility index (Phi) is 24.1. The molecule has 10 rings (SSSR count). The summed E-state index contributed by atoms with van der Waals surface area (Å²) in [7, 11) is -8.34. The highest BCUT2D eigenvalue weighted by atomic mass is 32.2. The quantitative estimate of drug-likeness (QED) is 0.0280. The molecule has 93 heavy (non-hydrogen) atoms. The Morgan fingerprint density at radius 1 is 0.366 bits per heavy atom. The number of aromatic carboxylic acids is 3. The predicted octanol–water partition coefficient (Wildman–Crippen LogP) is 14.4. The third-order valence-corrected chi connectivity index (χ3v) is 19.0. The molecule has 0 aliphatic carbocycles. The fourth-order valence-electron chi connectivity index (χ4n) is 10.4. The zero-order valence-corrected chi connectivity index (χ0v) is 53.6. The number of aryl methyl sites for hydroxylation is 6. The Morgan fingerprint density at radius 2 is 0.753 bits per heavy atom. The molecule has 6 N–H and O–H groups in total. The maximum atomic E-state index is 13.2. The van der Waals surface area contributed by atoms with Gasteiger partial charge in [0.2, 0.25) is 10.0 Å². The molecule has 0 amide bonds. The smallest absolute Gasteiger partial charge is 0.335 e. The Morgan fingerprint density at radius 3 is 1.20 bits per heavy atom. The molecular weight excluding hydrogens is 1240 g/mol. The van der Waals surface area contributed by atoms with Crippen molar-refractivity contribution in [3.05, 3.63) is 292 Å². The monoisotopic (exact) mass is 1310 g/mol. The van der Waals surface area contributed by atoms with Crippen LogP contribution in [0.5, 0.6) is 11.5 Å². The topological polar surface area (TPSA) is 269 Å². The van der Waals surface area contributed by atoms with Crippen molar-refractivity contribution in [2.45, 2.75) is 73.3 Å². The van der Waals surface area contributed by atoms with Gasteiger partial charge in [0, 0.05) is 11.5 Å². The molecule has 0 saturated heterocycles. The van der Waals surface area contributed by atoms with Gasteiger partial charge in [-0.25, -0.2) is 39.6 Å². The van der Waals surface area contributed by atoms with E-state index in [1.54, 1.807) is 133 Å². The van der Waals surface area contributed by atoms with E-state index < -0.39 is 48.0 Å². The molecule has 0 spiro atoms. The molecule has 0 aromatic heterocycles. The summed E-state index contributed by atoms with van der Waals surface area (Å²) in [6.45, 7) is 0. The second-order valence-electron chi connectivity index (χ2n) is 21.6. The molecule has 17 nitrogen and oxygen atoms in total. The number of rotatable bonds is 27. The molecule has 0 radical (unpaired) electrons. The molecule has 0 saturated carbocycles. The molecule has 10 aromatic rings. The minimum Gasteiger partial charge on any atom is -0.497 e. The van der Waals surface area contributed by atoms with Gasteiger partial charge in [0.1, 0.15) is 16.4 Å². The number of sulfonamides is 3. The van der Waals surface area contributed by atoms with Crippen LogP contribution in [-0.4, -0.2) is 72.7 Å². The normalized spacial score (nSPS) is 11.2. The van der Waals surface area contributed by atoms with Gasteiger partial charge in [-0.05, 0) is 175 Å². The van der Waals surface area contributed by atoms with Gasteiger partial charge >= 0.3 is 17.9 Å². The van der Waals surface area contributed by atoms with Crippen LogP contribution in [0.3, 0.4) is 0 Å². The summed E-state index contributed by atoms with van der Waals surface area (Å²) in [5.41, 5.74) is 8.62. The number of methoxy groups -OCH3 is 2. The van der Waals surface area contributed by atoms with Gasteiger partial charge in [0.05, 0.1) is 58.6 Å². The van der Waals surface area contributed by atoms with Crippen molar-refractivity contribution in [3.8, 4) is 11.5 Å². The van der Waals surface area contributed by atoms with Gasteiger partial charge < -0.3 is 24.8 Å². The summed E-state index contributed by atoms with van der Waals surface area (Å²) in [5.74, 6) is -2.30. The number of hydrogen-bond acceptors (Lipinski definition) is 11. The van der Waals surface area contributed by atoms with Crippen molar-refractivity contribution in [1.82, 2.24) is 0 Å². The molecule has 0 heterocycles. The first-order chi connectivity index (χ1) is 44.7. The average molecular weight is 1310 g/mol. The highest BCUT2D eigenvalue weighted by molar-refractivity contribution is 7.93. The molecule has 480 valence electrons. The Labute approximate surface area is 542 Å². The van der Waals surface area contributed by atoms with Crippen molar-refractivity contribution >= 4 is 75.8 Å². The van der Waals surface area contributed by atoms with E-state index in [9.17, 15) is 39.6 Å². The largest absolute Gasteiger partial charge is 0.497 e. The Bertz CT molecular complexity index is 4580. The highest BCUT2D eigenvalue weighted by Crippen LogP contribution is 2.32. The maximum absolute atomic E-state index is 13.2. The lowest BCUT2D eigenvalue weighted by atomic mass is 10.0. The van der Waals surface area contributed by atoms with E-state index in [-0.39, 0.29) is 38.0 Å². The van der Waals surface area contributed by atoms with E-state index in [0.717, 1.165) is 63.6 Å². The standard InChI is InChI=1S/C26H23NO4S.C24H25NO6S.C23H23NO4S/c28-26(29)22-14-6-9-19(18-22)8-5-13-21-11-2-4-16-24(21)27-32(30,31)25-17-7-12-20-10-1-3-15-23(20)25;1-30-20-13-14-22(31-2)23(16-20)32(28,29)25-21-12-4-3-9-18(21)10-5-7-17-8-6-11-19(15-17)24(26)27;25-23(26)21-14-7-11-18(16-21)10-6-13-20-12-4-5-15-22(20)24-29(27,28)17-19-8-2-1-3-9-19/h1-4,6-7,9-12,14-18,27H,5,8,13H2,(H,28,29);3-4,6,8-9,11-16,25H,5,7,10H2,1-2H3,(H,26,27);1-5,7-9,11-12,14-16,24H,6,10,13,17H2,(H,25,26). The summed E-state index contributed by atoms with van der Waals surface area (Å²) in [5, 5.41) is 28.9. The van der Waals surface area contributed by atoms with Crippen LogP contribution in [-0.2, 0) is 74.3 Å². The fourth-order valence-corrected chi connectivity index (χ4v) is 14.2. The number of carboxylic acids is 3. The Hall–Kier alpha value is -10.3. The van der Waals surface area contributed by atoms with Crippen molar-refractivity contribution < 1.29 is 64.4 Å². The number of benzene rings is 10. The van der Waals surface area contributed by atoms with Crippen LogP contribution in [0.2, 0.25) is 0 Å². The lowest BCUT2D eigenvalue weighted by Crippen LogP contribution is -2.16. The van der Waals surface area contributed by atoms with Crippen LogP contribution < -0.4 is 23.6 Å². The second-order valence-corrected chi connectivity index (χ2v) is 26.6. The van der Waals surface area contributed by atoms with Crippen molar-refractivity contribution in [3.63, 3.8) is 0 Å². The molecule has 0 atom stereocenters. The molecule has 0 aliphatic heterocycles. The van der Waals surface area contributed by atoms with E-state index >= 15 is 0 Å². The molecule has 20 heteroatoms. The maximum Gasteiger partial charge on any atom is 0.335 e. The first-order valence-electron chi connectivity index (χ1n) is 29.7. The van der Waals surface area contributed by atoms with Crippen LogP contribution in [0.25, 0.3) is 10.8 Å². The molecule has 10 aromatic carbocycles. The average Bonchev–Trinajstić information content (AvgIpc) is 1.23. The third-order valence-electron chi connectivity index (χ3n) is 15.0. The van der Waals surface area contributed by atoms with Crippen LogP contribution in [0, 0.1) is 0 Å². The molecule has 0 aliphatic rings. The van der Waals surface area contributed by atoms with Gasteiger partial charge in [-0.2, -0.15) is 0 Å². The number of fused-ring (bicyclic) bond motifs is 1. The van der Waals surface area contributed by atoms with Crippen molar-refractivity contribution in [2.24, 2.45) is 0 Å². The van der Waals surface area contributed by atoms with E-state index in [1.807, 2.05) is 97.1 Å². The first-order valence-corrected chi connectivity index (χ1v) is 34.3. The van der Waals surface area contributed by atoms with E-state index in [4.69, 9.17) is 24.8 Å². The zero-order chi connectivity index (χ0) is 66.4. The van der Waals surface area contributed by atoms with E-state index in [1.165, 1.54) is 20.3 Å². The number of hydrogen-bond donors (Lipinski definition) is 6. The number of anilines is 3. The summed E-state index contributed by atoms with van der Waals surface area (Å²) in [6.07, 6.45) is 6.31. The van der Waals surface area contributed by atoms with Gasteiger partial charge in [0.15, 0.2) is 0 Å². The van der Waals surface area contributed by atoms with Crippen LogP contribution in [0.1, 0.15) is 89.3 Å². The minimum atomic E-state index is -3.92. The van der Waals surface area contributed by atoms with Crippen LogP contribution in [0.4, 0.5) is 17.1 Å². The summed E-state index contributed by atoms with van der Waals surface area (Å²) in [4.78, 5) is 33.6. The molecule has 0 unspecified atom stereocenters. The number of nitrogens with one attached hydrogen (secondary N) is 3. The van der Waals surface area contributed by atoms with Crippen LogP contribution >= 0.6 is 0 Å². The van der Waals surface area contributed by atoms with Gasteiger partial charge in [0.25, 0.3) is 20.0 Å². The summed E-state index contributed by atoms with van der Waals surface area (Å²) >= 11 is 0. The van der Waals surface area contributed by atoms with Gasteiger partial charge in [-0.15, -0.1) is 0 Å². The minimum absolute atomic E-state index is 0.0142. The zero-order valence-electron chi connectivity index (χ0n) is 51.1. The molecule has 0 fully saturated rings. The SMILES string of the molecule is COc1ccc(OC)c(S(=O)(=O)Nc2ccccc2CCCc2cccc(C(=O)O)c2)c1.O=C(O)c1cccc(CCCc2ccccc2NS(=O)(=O)Cc2ccccc2)c1.O=C(O)c1cccc(CCCc2ccccc2NS(=O)(=O)c2cccc3ccccc23)c1. The number of ether oxygens (including phenoxy) is 2. The lowest BCUT2D eigenvalue weighted by molar-refractivity contribution is 0.0686. The van der Waals surface area contributed by atoms with Gasteiger partial charge in [-0.1, -0.05) is 158 Å². The number of para-hydroxylation sites is 3. The highest BCUT2D eigenvalue weighted by Gasteiger charge is 2.23. The second kappa shape index (κ2) is 32.6. The number of carbonyl (C=O) groups is 3. The van der Waals surface area contributed by atoms with Gasteiger partial charge in [-0.3, -0.25) is 14.2 Å². The summed E-state index contributed by atoms with van der Waals surface area (Å²) < 4.78 is 96.2. The predicted molar refractivity (Wildman–Crippen MR) is 363 cm³/mol. The molecular formula is C73H71N3O14S3. The van der Waals surface area contributed by atoms with E-state index in [2.05, 4.69) is 14.2 Å².